The molecule has 58 valence electrons. The van der Waals surface area contributed by atoms with Crippen LogP contribution in [0.3, 0.4) is 0 Å². The predicted molar refractivity (Wildman–Crippen MR) is 45.3 cm³/mol. The number of hydrogen-bond donors (Lipinski definition) is 1. The molecule has 0 atom stereocenters. The SMILES string of the molecule is C=Cc1ccc(N)c(OC)n1. The number of aromatic nitrogens is 1. The number of ether oxygens (including phenoxy) is 1. The lowest BCUT2D eigenvalue weighted by atomic mass is 10.3. The van der Waals surface area contributed by atoms with E-state index in [0.29, 0.717) is 11.6 Å². The van der Waals surface area contributed by atoms with Gasteiger partial charge in [0.25, 0.3) is 0 Å². The fraction of sp³-hybridized carbons (Fsp3) is 0.125. The van der Waals surface area contributed by atoms with Gasteiger partial charge in [0, 0.05) is 0 Å². The number of methoxy groups -OCH3 is 1. The quantitative estimate of drug-likeness (QED) is 0.691. The van der Waals surface area contributed by atoms with Gasteiger partial charge in [-0.05, 0) is 18.2 Å². The summed E-state index contributed by atoms with van der Waals surface area (Å²) in [7, 11) is 1.53. The Balaban J connectivity index is 3.12. The first-order valence-corrected chi connectivity index (χ1v) is 3.21. The fourth-order valence-electron chi connectivity index (χ4n) is 0.743. The van der Waals surface area contributed by atoms with E-state index < -0.39 is 0 Å². The van der Waals surface area contributed by atoms with Gasteiger partial charge in [0.1, 0.15) is 0 Å². The Labute approximate surface area is 65.5 Å². The highest BCUT2D eigenvalue weighted by Crippen LogP contribution is 2.17. The number of anilines is 1. The Bertz CT molecular complexity index is 271. The molecule has 1 heterocycles. The van der Waals surface area contributed by atoms with Crippen molar-refractivity contribution in [2.24, 2.45) is 0 Å². The molecule has 1 aromatic heterocycles. The summed E-state index contributed by atoms with van der Waals surface area (Å²) in [5.74, 6) is 0.447. The summed E-state index contributed by atoms with van der Waals surface area (Å²) in [5.41, 5.74) is 6.83. The van der Waals surface area contributed by atoms with Crippen LogP contribution < -0.4 is 10.5 Å². The largest absolute Gasteiger partial charge is 0.480 e. The number of hydrogen-bond acceptors (Lipinski definition) is 3. The van der Waals surface area contributed by atoms with Crippen molar-refractivity contribution in [2.45, 2.75) is 0 Å². The van der Waals surface area contributed by atoms with Gasteiger partial charge in [-0.3, -0.25) is 0 Å². The first-order chi connectivity index (χ1) is 5.27. The van der Waals surface area contributed by atoms with E-state index >= 15 is 0 Å². The van der Waals surface area contributed by atoms with Crippen molar-refractivity contribution >= 4 is 11.8 Å². The number of nitrogens with zero attached hydrogens (tertiary/aromatic N) is 1. The van der Waals surface area contributed by atoms with E-state index in [-0.39, 0.29) is 0 Å². The maximum absolute atomic E-state index is 5.53. The second-order valence-corrected chi connectivity index (χ2v) is 2.04. The van der Waals surface area contributed by atoms with Crippen LogP contribution in [0.15, 0.2) is 18.7 Å². The van der Waals surface area contributed by atoms with Gasteiger partial charge in [0.2, 0.25) is 5.88 Å². The van der Waals surface area contributed by atoms with E-state index in [1.54, 1.807) is 18.2 Å². The van der Waals surface area contributed by atoms with Gasteiger partial charge < -0.3 is 10.5 Å². The minimum absolute atomic E-state index is 0.447. The lowest BCUT2D eigenvalue weighted by molar-refractivity contribution is 0.400. The maximum Gasteiger partial charge on any atom is 0.237 e. The minimum atomic E-state index is 0.447. The van der Waals surface area contributed by atoms with Crippen LogP contribution in [-0.4, -0.2) is 12.1 Å². The highest BCUT2D eigenvalue weighted by atomic mass is 16.5. The molecule has 1 rings (SSSR count). The third-order valence-corrected chi connectivity index (χ3v) is 1.31. The molecular weight excluding hydrogens is 140 g/mol. The molecule has 3 nitrogen and oxygen atoms in total. The number of nitrogen functional groups attached to an aromatic ring is 1. The second-order valence-electron chi connectivity index (χ2n) is 2.04. The van der Waals surface area contributed by atoms with Gasteiger partial charge in [-0.15, -0.1) is 0 Å². The van der Waals surface area contributed by atoms with E-state index in [0.717, 1.165) is 5.69 Å². The molecule has 0 aliphatic carbocycles. The van der Waals surface area contributed by atoms with Gasteiger partial charge in [0.15, 0.2) is 0 Å². The van der Waals surface area contributed by atoms with E-state index in [1.807, 2.05) is 0 Å². The highest BCUT2D eigenvalue weighted by molar-refractivity contribution is 5.53. The summed E-state index contributed by atoms with van der Waals surface area (Å²) in [6.07, 6.45) is 1.64. The zero-order valence-electron chi connectivity index (χ0n) is 6.37. The Morgan fingerprint density at radius 1 is 1.64 bits per heavy atom. The molecule has 0 amide bonds. The molecule has 0 radical (unpaired) electrons. The van der Waals surface area contributed by atoms with Crippen LogP contribution in [0.4, 0.5) is 5.69 Å². The van der Waals surface area contributed by atoms with E-state index in [2.05, 4.69) is 11.6 Å². The van der Waals surface area contributed by atoms with Crippen molar-refractivity contribution in [3.05, 3.63) is 24.4 Å². The van der Waals surface area contributed by atoms with Crippen LogP contribution in [0.2, 0.25) is 0 Å². The van der Waals surface area contributed by atoms with Gasteiger partial charge >= 0.3 is 0 Å². The van der Waals surface area contributed by atoms with Crippen molar-refractivity contribution in [2.75, 3.05) is 12.8 Å². The Morgan fingerprint density at radius 3 is 2.91 bits per heavy atom. The van der Waals surface area contributed by atoms with Gasteiger partial charge in [-0.25, -0.2) is 4.98 Å². The smallest absolute Gasteiger partial charge is 0.237 e. The Morgan fingerprint density at radius 2 is 2.36 bits per heavy atom. The first kappa shape index (κ1) is 7.60. The zero-order chi connectivity index (χ0) is 8.27. The minimum Gasteiger partial charge on any atom is -0.480 e. The second kappa shape index (κ2) is 3.05. The van der Waals surface area contributed by atoms with Gasteiger partial charge in [0.05, 0.1) is 18.5 Å². The zero-order valence-corrected chi connectivity index (χ0v) is 6.37. The van der Waals surface area contributed by atoms with Gasteiger partial charge in [-0.2, -0.15) is 0 Å². The van der Waals surface area contributed by atoms with Crippen molar-refractivity contribution in [1.29, 1.82) is 0 Å². The fourth-order valence-corrected chi connectivity index (χ4v) is 0.743. The molecule has 3 heteroatoms. The van der Waals surface area contributed by atoms with Crippen molar-refractivity contribution in [3.8, 4) is 5.88 Å². The molecule has 0 unspecified atom stereocenters. The topological polar surface area (TPSA) is 48.1 Å². The molecular formula is C8H10N2O. The highest BCUT2D eigenvalue weighted by Gasteiger charge is 1.98. The van der Waals surface area contributed by atoms with E-state index in [1.165, 1.54) is 7.11 Å². The third-order valence-electron chi connectivity index (χ3n) is 1.31. The Hall–Kier alpha value is -1.51. The van der Waals surface area contributed by atoms with Crippen molar-refractivity contribution in [3.63, 3.8) is 0 Å². The average Bonchev–Trinajstić information content (AvgIpc) is 2.05. The first-order valence-electron chi connectivity index (χ1n) is 3.21. The molecule has 0 saturated carbocycles. The number of nitrogens with two attached hydrogens (primary N) is 1. The summed E-state index contributed by atoms with van der Waals surface area (Å²) in [5, 5.41) is 0. The summed E-state index contributed by atoms with van der Waals surface area (Å²) in [4.78, 5) is 4.04. The lowest BCUT2D eigenvalue weighted by Gasteiger charge is -2.02. The van der Waals surface area contributed by atoms with Crippen LogP contribution in [0.1, 0.15) is 5.69 Å². The lowest BCUT2D eigenvalue weighted by Crippen LogP contribution is -1.95. The van der Waals surface area contributed by atoms with E-state index in [4.69, 9.17) is 10.5 Å². The monoisotopic (exact) mass is 150 g/mol. The molecule has 0 aliphatic rings. The van der Waals surface area contributed by atoms with Crippen LogP contribution in [0.25, 0.3) is 6.08 Å². The molecule has 0 saturated heterocycles. The van der Waals surface area contributed by atoms with Crippen LogP contribution >= 0.6 is 0 Å². The summed E-state index contributed by atoms with van der Waals surface area (Å²) >= 11 is 0. The summed E-state index contributed by atoms with van der Waals surface area (Å²) in [6, 6.07) is 3.52. The maximum atomic E-state index is 5.53. The molecule has 0 spiro atoms. The number of rotatable bonds is 2. The average molecular weight is 150 g/mol. The molecule has 0 aromatic carbocycles. The standard InChI is InChI=1S/C8H10N2O/c1-3-6-4-5-7(9)8(10-6)11-2/h3-5H,1,9H2,2H3. The molecule has 0 aliphatic heterocycles. The summed E-state index contributed by atoms with van der Waals surface area (Å²) in [6.45, 7) is 3.58. The molecule has 0 bridgehead atoms. The van der Waals surface area contributed by atoms with Crippen molar-refractivity contribution < 1.29 is 4.74 Å². The van der Waals surface area contributed by atoms with Crippen molar-refractivity contribution in [1.82, 2.24) is 4.98 Å². The summed E-state index contributed by atoms with van der Waals surface area (Å²) < 4.78 is 4.90. The predicted octanol–water partition coefficient (Wildman–Crippen LogP) is 1.32. The van der Waals surface area contributed by atoms with Crippen LogP contribution in [0, 0.1) is 0 Å². The Kier molecular flexibility index (Phi) is 2.11. The number of pyridine rings is 1. The molecule has 1 aromatic rings. The van der Waals surface area contributed by atoms with Gasteiger partial charge in [-0.1, -0.05) is 6.58 Å². The van der Waals surface area contributed by atoms with Crippen LogP contribution in [0.5, 0.6) is 5.88 Å². The third kappa shape index (κ3) is 1.49. The van der Waals surface area contributed by atoms with E-state index in [9.17, 15) is 0 Å². The molecule has 2 N–H and O–H groups in total. The molecule has 11 heavy (non-hydrogen) atoms. The molecule has 0 fully saturated rings. The normalized spacial score (nSPS) is 9.18. The van der Waals surface area contributed by atoms with Crippen LogP contribution in [-0.2, 0) is 0 Å².